The molecule has 1 N–H and O–H groups in total. The fraction of sp³-hybridized carbons (Fsp3) is 0.444. The lowest BCUT2D eigenvalue weighted by molar-refractivity contribution is -0.121. The Bertz CT molecular complexity index is 1100. The van der Waals surface area contributed by atoms with E-state index in [2.05, 4.69) is 28.5 Å². The molecule has 1 aromatic heterocycles. The Labute approximate surface area is 217 Å². The van der Waals surface area contributed by atoms with Gasteiger partial charge in [-0.3, -0.25) is 9.36 Å². The second-order valence-electron chi connectivity index (χ2n) is 8.60. The van der Waals surface area contributed by atoms with E-state index in [4.69, 9.17) is 16.3 Å². The van der Waals surface area contributed by atoms with Crippen LogP contribution in [0.25, 0.3) is 5.69 Å². The number of aromatic nitrogens is 3. The summed E-state index contributed by atoms with van der Waals surface area (Å²) in [5, 5.41) is 13.3. The van der Waals surface area contributed by atoms with Crippen LogP contribution in [0.2, 0.25) is 5.02 Å². The summed E-state index contributed by atoms with van der Waals surface area (Å²) >= 11 is 7.92. The van der Waals surface area contributed by atoms with Gasteiger partial charge in [0.15, 0.2) is 11.0 Å². The van der Waals surface area contributed by atoms with Crippen LogP contribution in [0.3, 0.4) is 0 Å². The molecule has 0 atom stereocenters. The highest BCUT2D eigenvalue weighted by atomic mass is 35.5. The first-order chi connectivity index (χ1) is 17.0. The second-order valence-corrected chi connectivity index (χ2v) is 9.98. The minimum Gasteiger partial charge on any atom is -0.497 e. The van der Waals surface area contributed by atoms with Crippen LogP contribution in [0.15, 0.2) is 47.6 Å². The van der Waals surface area contributed by atoms with Gasteiger partial charge < -0.3 is 10.1 Å². The summed E-state index contributed by atoms with van der Waals surface area (Å²) in [7, 11) is 1.66. The highest BCUT2D eigenvalue weighted by Gasteiger charge is 2.17. The number of carbonyl (C=O) groups is 1. The molecule has 0 spiro atoms. The number of rotatable bonds is 14. The number of hydrogen-bond donors (Lipinski definition) is 1. The highest BCUT2D eigenvalue weighted by molar-refractivity contribution is 7.98. The third-order valence-electron chi connectivity index (χ3n) is 5.82. The average molecular weight is 515 g/mol. The smallest absolute Gasteiger partial charge is 0.220 e. The summed E-state index contributed by atoms with van der Waals surface area (Å²) in [5.41, 5.74) is 3.09. The van der Waals surface area contributed by atoms with Gasteiger partial charge in [-0.2, -0.15) is 0 Å². The van der Waals surface area contributed by atoms with Crippen molar-refractivity contribution < 1.29 is 9.53 Å². The molecule has 0 aliphatic heterocycles. The molecule has 6 nitrogen and oxygen atoms in total. The minimum absolute atomic E-state index is 0.0449. The number of halogens is 1. The van der Waals surface area contributed by atoms with E-state index in [0.29, 0.717) is 29.6 Å². The molecule has 1 amide bonds. The van der Waals surface area contributed by atoms with Crippen molar-refractivity contribution in [1.82, 2.24) is 20.1 Å². The van der Waals surface area contributed by atoms with Crippen molar-refractivity contribution in [3.63, 3.8) is 0 Å². The molecule has 3 rings (SSSR count). The Balaban J connectivity index is 1.71. The molecule has 2 aromatic carbocycles. The zero-order chi connectivity index (χ0) is 25.0. The van der Waals surface area contributed by atoms with E-state index < -0.39 is 0 Å². The molecule has 8 heteroatoms. The molecule has 188 valence electrons. The predicted molar refractivity (Wildman–Crippen MR) is 144 cm³/mol. The number of amides is 1. The molecular formula is C27H35ClN4O2S. The van der Waals surface area contributed by atoms with Gasteiger partial charge in [-0.1, -0.05) is 80.6 Å². The standard InChI is InChI=1S/C27H35ClN4O2S/c1-4-5-6-7-8-9-13-26(33)29-18-25-30-31-27(32(25)24-17-22(28)15-14-20(24)2)35-19-21-11-10-12-23(16-21)34-3/h10-12,14-17H,4-9,13,18-19H2,1-3H3,(H,29,33). The molecule has 0 aliphatic carbocycles. The van der Waals surface area contributed by atoms with Crippen LogP contribution in [0.1, 0.15) is 68.8 Å². The third kappa shape index (κ3) is 8.29. The van der Waals surface area contributed by atoms with Crippen LogP contribution < -0.4 is 10.1 Å². The SMILES string of the molecule is CCCCCCCCC(=O)NCc1nnc(SCc2cccc(OC)c2)n1-c1cc(Cl)ccc1C. The topological polar surface area (TPSA) is 69.0 Å². The maximum Gasteiger partial charge on any atom is 0.220 e. The maximum absolute atomic E-state index is 12.4. The molecule has 0 saturated heterocycles. The average Bonchev–Trinajstić information content (AvgIpc) is 3.27. The Morgan fingerprint density at radius 2 is 1.89 bits per heavy atom. The molecule has 0 bridgehead atoms. The number of methoxy groups -OCH3 is 1. The predicted octanol–water partition coefficient (Wildman–Crippen LogP) is 6.90. The van der Waals surface area contributed by atoms with Crippen molar-refractivity contribution in [2.24, 2.45) is 0 Å². The van der Waals surface area contributed by atoms with Crippen molar-refractivity contribution >= 4 is 29.3 Å². The number of nitrogens with zero attached hydrogens (tertiary/aromatic N) is 3. The first-order valence-corrected chi connectivity index (χ1v) is 13.6. The van der Waals surface area contributed by atoms with Gasteiger partial charge in [-0.25, -0.2) is 0 Å². The van der Waals surface area contributed by atoms with Crippen LogP contribution in [0, 0.1) is 6.92 Å². The zero-order valence-corrected chi connectivity index (χ0v) is 22.4. The maximum atomic E-state index is 12.4. The summed E-state index contributed by atoms with van der Waals surface area (Å²) in [6.45, 7) is 4.55. The second kappa shape index (κ2) is 14.1. The number of thioether (sulfide) groups is 1. The lowest BCUT2D eigenvalue weighted by Crippen LogP contribution is -2.24. The summed E-state index contributed by atoms with van der Waals surface area (Å²) in [4.78, 5) is 12.4. The van der Waals surface area contributed by atoms with Gasteiger partial charge in [-0.15, -0.1) is 10.2 Å². The highest BCUT2D eigenvalue weighted by Crippen LogP contribution is 2.29. The van der Waals surface area contributed by atoms with Crippen LogP contribution in [0.4, 0.5) is 0 Å². The molecule has 0 aliphatic rings. The number of nitrogens with one attached hydrogen (secondary N) is 1. The van der Waals surface area contributed by atoms with Crippen molar-refractivity contribution in [3.8, 4) is 11.4 Å². The Morgan fingerprint density at radius 1 is 1.09 bits per heavy atom. The van der Waals surface area contributed by atoms with Gasteiger partial charge in [-0.05, 0) is 48.7 Å². The van der Waals surface area contributed by atoms with E-state index in [1.54, 1.807) is 18.9 Å². The largest absolute Gasteiger partial charge is 0.497 e. The molecular weight excluding hydrogens is 480 g/mol. The minimum atomic E-state index is 0.0449. The van der Waals surface area contributed by atoms with Crippen LogP contribution in [-0.4, -0.2) is 27.8 Å². The number of aryl methyl sites for hydroxylation is 1. The number of benzene rings is 2. The summed E-state index contributed by atoms with van der Waals surface area (Å²) < 4.78 is 7.34. The fourth-order valence-electron chi connectivity index (χ4n) is 3.82. The Kier molecular flexibility index (Phi) is 10.9. The van der Waals surface area contributed by atoms with E-state index in [1.807, 2.05) is 47.9 Å². The molecule has 0 unspecified atom stereocenters. The quantitative estimate of drug-likeness (QED) is 0.187. The lowest BCUT2D eigenvalue weighted by Gasteiger charge is -2.14. The van der Waals surface area contributed by atoms with Crippen molar-refractivity contribution in [2.45, 2.75) is 76.2 Å². The molecule has 3 aromatic rings. The van der Waals surface area contributed by atoms with Gasteiger partial charge in [0.05, 0.1) is 19.3 Å². The van der Waals surface area contributed by atoms with E-state index in [-0.39, 0.29) is 5.91 Å². The fourth-order valence-corrected chi connectivity index (χ4v) is 4.89. The lowest BCUT2D eigenvalue weighted by atomic mass is 10.1. The van der Waals surface area contributed by atoms with E-state index in [0.717, 1.165) is 40.6 Å². The number of hydrogen-bond acceptors (Lipinski definition) is 5. The first-order valence-electron chi connectivity index (χ1n) is 12.2. The number of carbonyl (C=O) groups excluding carboxylic acids is 1. The third-order valence-corrected chi connectivity index (χ3v) is 7.05. The van der Waals surface area contributed by atoms with Crippen molar-refractivity contribution in [1.29, 1.82) is 0 Å². The molecule has 35 heavy (non-hydrogen) atoms. The normalized spacial score (nSPS) is 11.0. The summed E-state index contributed by atoms with van der Waals surface area (Å²) in [6.07, 6.45) is 7.48. The Hall–Kier alpha value is -2.51. The van der Waals surface area contributed by atoms with E-state index in [1.165, 1.54) is 25.7 Å². The van der Waals surface area contributed by atoms with Crippen LogP contribution >= 0.6 is 23.4 Å². The van der Waals surface area contributed by atoms with Gasteiger partial charge >= 0.3 is 0 Å². The van der Waals surface area contributed by atoms with Gasteiger partial charge in [0.2, 0.25) is 5.91 Å². The van der Waals surface area contributed by atoms with Crippen LogP contribution in [0.5, 0.6) is 5.75 Å². The van der Waals surface area contributed by atoms with Crippen molar-refractivity contribution in [3.05, 3.63) is 64.4 Å². The first kappa shape index (κ1) is 27.1. The van der Waals surface area contributed by atoms with Crippen molar-refractivity contribution in [2.75, 3.05) is 7.11 Å². The van der Waals surface area contributed by atoms with Gasteiger partial charge in [0.25, 0.3) is 0 Å². The van der Waals surface area contributed by atoms with Gasteiger partial charge in [0.1, 0.15) is 5.75 Å². The Morgan fingerprint density at radius 3 is 2.69 bits per heavy atom. The summed E-state index contributed by atoms with van der Waals surface area (Å²) in [6, 6.07) is 13.7. The zero-order valence-electron chi connectivity index (χ0n) is 20.8. The van der Waals surface area contributed by atoms with E-state index >= 15 is 0 Å². The van der Waals surface area contributed by atoms with Crippen LogP contribution in [-0.2, 0) is 17.1 Å². The number of unbranched alkanes of at least 4 members (excludes halogenated alkanes) is 5. The number of ether oxygens (including phenoxy) is 1. The molecule has 0 fully saturated rings. The summed E-state index contributed by atoms with van der Waals surface area (Å²) in [5.74, 6) is 2.26. The molecule has 0 radical (unpaired) electrons. The molecule has 1 heterocycles. The van der Waals surface area contributed by atoms with E-state index in [9.17, 15) is 4.79 Å². The monoisotopic (exact) mass is 514 g/mol. The molecule has 0 saturated carbocycles. The van der Waals surface area contributed by atoms with Gasteiger partial charge in [0, 0.05) is 17.2 Å².